The van der Waals surface area contributed by atoms with Crippen LogP contribution in [0.2, 0.25) is 0 Å². The molecule has 0 atom stereocenters. The summed E-state index contributed by atoms with van der Waals surface area (Å²) in [6, 6.07) is 4.48. The van der Waals surface area contributed by atoms with Crippen LogP contribution in [0.25, 0.3) is 22.2 Å². The predicted molar refractivity (Wildman–Crippen MR) is 80.0 cm³/mol. The Morgan fingerprint density at radius 1 is 0.739 bits per heavy atom. The molecule has 8 nitrogen and oxygen atoms in total. The monoisotopic (exact) mass is 317 g/mol. The lowest BCUT2D eigenvalue weighted by atomic mass is 10.1. The minimum absolute atomic E-state index is 0.141. The third-order valence-corrected chi connectivity index (χ3v) is 3.46. The number of phenols is 5. The van der Waals surface area contributed by atoms with E-state index in [0.717, 1.165) is 18.2 Å². The minimum Gasteiger partial charge on any atom is -0.504 e. The highest BCUT2D eigenvalue weighted by molar-refractivity contribution is 5.92. The number of hydrogen-bond donors (Lipinski definition) is 7. The molecule has 3 aromatic rings. The van der Waals surface area contributed by atoms with Crippen LogP contribution >= 0.6 is 0 Å². The van der Waals surface area contributed by atoms with Gasteiger partial charge in [0.25, 0.3) is 0 Å². The quantitative estimate of drug-likeness (QED) is 0.335. The molecule has 0 amide bonds. The van der Waals surface area contributed by atoms with E-state index in [2.05, 4.69) is 4.98 Å². The van der Waals surface area contributed by atoms with E-state index in [4.69, 9.17) is 0 Å². The van der Waals surface area contributed by atoms with Crippen molar-refractivity contribution in [1.82, 2.24) is 4.98 Å². The number of aromatic hydroxyl groups is 6. The van der Waals surface area contributed by atoms with E-state index in [1.165, 1.54) is 6.07 Å². The number of nitrogens with one attached hydrogen (secondary N) is 1. The van der Waals surface area contributed by atoms with Gasteiger partial charge in [-0.25, -0.2) is 0 Å². The van der Waals surface area contributed by atoms with Crippen molar-refractivity contribution in [2.24, 2.45) is 0 Å². The number of aromatic nitrogens is 1. The summed E-state index contributed by atoms with van der Waals surface area (Å²) >= 11 is 0. The molecular formula is C15H11NO7. The molecule has 7 N–H and O–H groups in total. The van der Waals surface area contributed by atoms with Crippen molar-refractivity contribution < 1.29 is 30.6 Å². The standard InChI is InChI=1S/C15H11NO7/c17-7-2-1-5(3-8(7)18)10-14(22)12(20)6-4-9(19)13(21)15(23)11(6)16-10/h1-4,17-19,21-23H,(H,16,20). The maximum atomic E-state index is 12.2. The predicted octanol–water partition coefficient (Wildman–Crippen LogP) is 1.43. The molecule has 0 aliphatic rings. The third-order valence-electron chi connectivity index (χ3n) is 3.46. The first-order chi connectivity index (χ1) is 10.8. The lowest BCUT2D eigenvalue weighted by Gasteiger charge is -2.11. The number of phenolic OH excluding ortho intramolecular Hbond substituents is 5. The Balaban J connectivity index is 2.41. The zero-order valence-electron chi connectivity index (χ0n) is 11.4. The molecule has 8 heteroatoms. The normalized spacial score (nSPS) is 11.0. The highest BCUT2D eigenvalue weighted by Gasteiger charge is 2.19. The zero-order valence-corrected chi connectivity index (χ0v) is 11.4. The van der Waals surface area contributed by atoms with Gasteiger partial charge in [0.05, 0.1) is 16.6 Å². The fourth-order valence-corrected chi connectivity index (χ4v) is 2.26. The Morgan fingerprint density at radius 3 is 2.09 bits per heavy atom. The zero-order chi connectivity index (χ0) is 16.9. The molecule has 0 fully saturated rings. The van der Waals surface area contributed by atoms with Gasteiger partial charge >= 0.3 is 0 Å². The number of pyridine rings is 1. The first-order valence-electron chi connectivity index (χ1n) is 6.36. The van der Waals surface area contributed by atoms with Crippen molar-refractivity contribution in [3.8, 4) is 45.8 Å². The summed E-state index contributed by atoms with van der Waals surface area (Å²) in [5, 5.41) is 57.5. The second-order valence-corrected chi connectivity index (χ2v) is 4.90. The van der Waals surface area contributed by atoms with Crippen molar-refractivity contribution in [3.05, 3.63) is 34.5 Å². The molecule has 2 aromatic carbocycles. The summed E-state index contributed by atoms with van der Waals surface area (Å²) in [7, 11) is 0. The van der Waals surface area contributed by atoms with Crippen molar-refractivity contribution in [1.29, 1.82) is 0 Å². The molecule has 23 heavy (non-hydrogen) atoms. The Morgan fingerprint density at radius 2 is 1.43 bits per heavy atom. The Hall–Kier alpha value is -3.55. The van der Waals surface area contributed by atoms with E-state index in [9.17, 15) is 35.4 Å². The average molecular weight is 317 g/mol. The van der Waals surface area contributed by atoms with Crippen LogP contribution in [0, 0.1) is 0 Å². The van der Waals surface area contributed by atoms with Gasteiger partial charge < -0.3 is 35.6 Å². The van der Waals surface area contributed by atoms with Crippen molar-refractivity contribution in [3.63, 3.8) is 0 Å². The number of rotatable bonds is 1. The SMILES string of the molecule is O=c1c(O)c(-c2ccc(O)c(O)c2)[nH]c2c(O)c(O)c(O)cc12. The number of benzene rings is 2. The van der Waals surface area contributed by atoms with Gasteiger partial charge in [0, 0.05) is 5.56 Å². The summed E-state index contributed by atoms with van der Waals surface area (Å²) in [6.07, 6.45) is 0. The lowest BCUT2D eigenvalue weighted by Crippen LogP contribution is -2.05. The molecule has 0 aliphatic heterocycles. The van der Waals surface area contributed by atoms with Crippen LogP contribution in [0.3, 0.4) is 0 Å². The highest BCUT2D eigenvalue weighted by Crippen LogP contribution is 2.41. The average Bonchev–Trinajstić information content (AvgIpc) is 2.52. The van der Waals surface area contributed by atoms with Crippen LogP contribution in [0.4, 0.5) is 0 Å². The van der Waals surface area contributed by atoms with Crippen molar-refractivity contribution in [2.75, 3.05) is 0 Å². The Bertz CT molecular complexity index is 1010. The van der Waals surface area contributed by atoms with Crippen LogP contribution in [-0.4, -0.2) is 35.6 Å². The molecule has 0 saturated carbocycles. The van der Waals surface area contributed by atoms with Gasteiger partial charge in [-0.15, -0.1) is 0 Å². The minimum atomic E-state index is -0.896. The highest BCUT2D eigenvalue weighted by atomic mass is 16.3. The summed E-state index contributed by atoms with van der Waals surface area (Å²) in [5.74, 6) is -3.87. The fraction of sp³-hybridized carbons (Fsp3) is 0. The van der Waals surface area contributed by atoms with Gasteiger partial charge in [0.1, 0.15) is 0 Å². The van der Waals surface area contributed by atoms with E-state index < -0.39 is 34.2 Å². The molecule has 3 rings (SSSR count). The van der Waals surface area contributed by atoms with Crippen molar-refractivity contribution >= 4 is 10.9 Å². The maximum absolute atomic E-state index is 12.2. The van der Waals surface area contributed by atoms with Gasteiger partial charge in [-0.2, -0.15) is 0 Å². The lowest BCUT2D eigenvalue weighted by molar-refractivity contribution is 0.370. The van der Waals surface area contributed by atoms with E-state index in [0.29, 0.717) is 0 Å². The van der Waals surface area contributed by atoms with E-state index in [-0.39, 0.29) is 27.9 Å². The van der Waals surface area contributed by atoms with Crippen molar-refractivity contribution in [2.45, 2.75) is 0 Å². The van der Waals surface area contributed by atoms with Gasteiger partial charge in [0.15, 0.2) is 28.7 Å². The van der Waals surface area contributed by atoms with Gasteiger partial charge in [0.2, 0.25) is 11.2 Å². The topological polar surface area (TPSA) is 154 Å². The summed E-state index contributed by atoms with van der Waals surface area (Å²) in [5.41, 5.74) is -1.08. The number of hydrogen-bond acceptors (Lipinski definition) is 7. The third kappa shape index (κ3) is 2.04. The second-order valence-electron chi connectivity index (χ2n) is 4.90. The Labute approximate surface area is 127 Å². The first-order valence-corrected chi connectivity index (χ1v) is 6.36. The van der Waals surface area contributed by atoms with Gasteiger partial charge in [-0.3, -0.25) is 4.79 Å². The number of fused-ring (bicyclic) bond motifs is 1. The number of H-pyrrole nitrogens is 1. The van der Waals surface area contributed by atoms with Crippen LogP contribution in [0.15, 0.2) is 29.1 Å². The molecule has 0 bridgehead atoms. The van der Waals surface area contributed by atoms with E-state index in [1.807, 2.05) is 0 Å². The maximum Gasteiger partial charge on any atom is 0.231 e. The molecule has 0 saturated heterocycles. The summed E-state index contributed by atoms with van der Waals surface area (Å²) in [6.45, 7) is 0. The summed E-state index contributed by atoms with van der Waals surface area (Å²) < 4.78 is 0. The molecule has 0 aliphatic carbocycles. The smallest absolute Gasteiger partial charge is 0.231 e. The summed E-state index contributed by atoms with van der Waals surface area (Å²) in [4.78, 5) is 14.8. The molecule has 1 heterocycles. The van der Waals surface area contributed by atoms with Crippen LogP contribution < -0.4 is 5.43 Å². The molecular weight excluding hydrogens is 306 g/mol. The van der Waals surface area contributed by atoms with Crippen LogP contribution in [0.1, 0.15) is 0 Å². The molecule has 1 aromatic heterocycles. The van der Waals surface area contributed by atoms with Crippen LogP contribution in [-0.2, 0) is 0 Å². The molecule has 0 spiro atoms. The van der Waals surface area contributed by atoms with E-state index >= 15 is 0 Å². The van der Waals surface area contributed by atoms with Gasteiger partial charge in [-0.05, 0) is 24.3 Å². The number of aromatic amines is 1. The fourth-order valence-electron chi connectivity index (χ4n) is 2.26. The Kier molecular flexibility index (Phi) is 2.96. The second kappa shape index (κ2) is 4.73. The molecule has 0 radical (unpaired) electrons. The van der Waals surface area contributed by atoms with Crippen LogP contribution in [0.5, 0.6) is 34.5 Å². The first kappa shape index (κ1) is 14.4. The van der Waals surface area contributed by atoms with E-state index in [1.54, 1.807) is 0 Å². The molecule has 0 unspecified atom stereocenters. The van der Waals surface area contributed by atoms with Gasteiger partial charge in [-0.1, -0.05) is 0 Å². The largest absolute Gasteiger partial charge is 0.504 e. The molecule has 118 valence electrons.